The van der Waals surface area contributed by atoms with Crippen molar-refractivity contribution in [3.05, 3.63) is 65.7 Å². The van der Waals surface area contributed by atoms with E-state index in [0.29, 0.717) is 11.5 Å². The third kappa shape index (κ3) is 2.50. The zero-order chi connectivity index (χ0) is 17.7. The molecule has 2 saturated heterocycles. The molecule has 1 amide bonds. The van der Waals surface area contributed by atoms with Crippen LogP contribution in [0.25, 0.3) is 11.0 Å². The number of rotatable bonds is 2. The first-order chi connectivity index (χ1) is 12.7. The average Bonchev–Trinajstić information content (AvgIpc) is 3.23. The topological polar surface area (TPSA) is 49.0 Å². The number of imidazole rings is 1. The minimum absolute atomic E-state index is 0.111. The summed E-state index contributed by atoms with van der Waals surface area (Å²) >= 11 is 0. The van der Waals surface area contributed by atoms with Crippen LogP contribution in [-0.2, 0) is 0 Å². The third-order valence-corrected chi connectivity index (χ3v) is 5.98. The molecule has 0 radical (unpaired) electrons. The average molecular weight is 349 g/mol. The van der Waals surface area contributed by atoms with Gasteiger partial charge in [0.25, 0.3) is 5.91 Å². The minimum atomic E-state index is -0.196. The van der Waals surface area contributed by atoms with Gasteiger partial charge in [0.05, 0.1) is 17.4 Å². The predicted octanol–water partition coefficient (Wildman–Crippen LogP) is 4.25. The highest BCUT2D eigenvalue weighted by Crippen LogP contribution is 2.43. The van der Waals surface area contributed by atoms with Crippen LogP contribution in [0.2, 0.25) is 0 Å². The van der Waals surface area contributed by atoms with Gasteiger partial charge >= 0.3 is 0 Å². The second kappa shape index (κ2) is 5.94. The maximum absolute atomic E-state index is 13.2. The third-order valence-electron chi connectivity index (χ3n) is 5.98. The lowest BCUT2D eigenvalue weighted by Gasteiger charge is -2.39. The van der Waals surface area contributed by atoms with Gasteiger partial charge in [-0.2, -0.15) is 0 Å². The number of amides is 1. The van der Waals surface area contributed by atoms with Gasteiger partial charge in [0.15, 0.2) is 0 Å². The molecule has 0 saturated carbocycles. The Bertz CT molecular complexity index is 951. The molecular weight excluding hydrogens is 329 g/mol. The van der Waals surface area contributed by atoms with Gasteiger partial charge in [-0.3, -0.25) is 4.79 Å². The normalized spacial score (nSPS) is 25.0. The Morgan fingerprint density at radius 3 is 2.54 bits per heavy atom. The molecule has 3 aromatic rings. The quantitative estimate of drug-likeness (QED) is 0.752. The van der Waals surface area contributed by atoms with Crippen LogP contribution in [0.15, 0.2) is 48.8 Å². The fourth-order valence-electron chi connectivity index (χ4n) is 4.73. The Morgan fingerprint density at radius 1 is 1.08 bits per heavy atom. The number of fused-ring (bicyclic) bond motifs is 3. The van der Waals surface area contributed by atoms with Crippen LogP contribution in [0.4, 0.5) is 4.39 Å². The molecule has 3 heterocycles. The zero-order valence-electron chi connectivity index (χ0n) is 14.4. The SMILES string of the molecule is O=C(c1ccc2[nH]cnc2c1)N1[C@@H]2CC[C@H]1C[C@@H](c1ccc(F)cc1)C2. The molecule has 0 aliphatic carbocycles. The number of nitrogens with zero attached hydrogens (tertiary/aromatic N) is 2. The van der Waals surface area contributed by atoms with Gasteiger partial charge in [-0.15, -0.1) is 0 Å². The van der Waals surface area contributed by atoms with Crippen molar-refractivity contribution in [1.82, 2.24) is 14.9 Å². The number of hydrogen-bond donors (Lipinski definition) is 1. The molecule has 1 aromatic heterocycles. The lowest BCUT2D eigenvalue weighted by Crippen LogP contribution is -2.46. The molecule has 5 rings (SSSR count). The smallest absolute Gasteiger partial charge is 0.254 e. The van der Waals surface area contributed by atoms with E-state index in [4.69, 9.17) is 0 Å². The van der Waals surface area contributed by atoms with E-state index in [1.807, 2.05) is 30.3 Å². The van der Waals surface area contributed by atoms with Crippen LogP contribution in [0.1, 0.15) is 47.5 Å². The van der Waals surface area contributed by atoms with E-state index < -0.39 is 0 Å². The highest BCUT2D eigenvalue weighted by atomic mass is 19.1. The summed E-state index contributed by atoms with van der Waals surface area (Å²) in [7, 11) is 0. The molecule has 0 spiro atoms. The maximum atomic E-state index is 13.2. The number of aromatic amines is 1. The fraction of sp³-hybridized carbons (Fsp3) is 0.333. The molecular formula is C21H20FN3O. The Morgan fingerprint density at radius 2 is 1.81 bits per heavy atom. The molecule has 2 bridgehead atoms. The molecule has 2 aromatic carbocycles. The highest BCUT2D eigenvalue weighted by molar-refractivity contribution is 5.97. The monoisotopic (exact) mass is 349 g/mol. The van der Waals surface area contributed by atoms with Gasteiger partial charge < -0.3 is 9.88 Å². The van der Waals surface area contributed by atoms with Gasteiger partial charge in [-0.25, -0.2) is 9.37 Å². The van der Waals surface area contributed by atoms with Crippen LogP contribution in [0.5, 0.6) is 0 Å². The number of aromatic nitrogens is 2. The van der Waals surface area contributed by atoms with Crippen molar-refractivity contribution in [3.8, 4) is 0 Å². The number of H-pyrrole nitrogens is 1. The molecule has 0 unspecified atom stereocenters. The summed E-state index contributed by atoms with van der Waals surface area (Å²) < 4.78 is 13.2. The van der Waals surface area contributed by atoms with E-state index in [-0.39, 0.29) is 23.8 Å². The summed E-state index contributed by atoms with van der Waals surface area (Å²) in [5.41, 5.74) is 3.67. The molecule has 4 nitrogen and oxygen atoms in total. The summed E-state index contributed by atoms with van der Waals surface area (Å²) in [5.74, 6) is 0.323. The maximum Gasteiger partial charge on any atom is 0.254 e. The number of carbonyl (C=O) groups is 1. The van der Waals surface area contributed by atoms with Gasteiger partial charge in [0.1, 0.15) is 5.82 Å². The van der Waals surface area contributed by atoms with Crippen LogP contribution >= 0.6 is 0 Å². The lowest BCUT2D eigenvalue weighted by atomic mass is 9.85. The molecule has 2 fully saturated rings. The second-order valence-corrected chi connectivity index (χ2v) is 7.45. The first-order valence-corrected chi connectivity index (χ1v) is 9.20. The van der Waals surface area contributed by atoms with E-state index in [0.717, 1.165) is 36.7 Å². The fourth-order valence-corrected chi connectivity index (χ4v) is 4.73. The van der Waals surface area contributed by atoms with Crippen molar-refractivity contribution in [2.24, 2.45) is 0 Å². The number of halogens is 1. The lowest BCUT2D eigenvalue weighted by molar-refractivity contribution is 0.0571. The summed E-state index contributed by atoms with van der Waals surface area (Å²) in [4.78, 5) is 22.6. The van der Waals surface area contributed by atoms with Crippen molar-refractivity contribution in [2.75, 3.05) is 0 Å². The van der Waals surface area contributed by atoms with Gasteiger partial charge in [0.2, 0.25) is 0 Å². The number of nitrogens with one attached hydrogen (secondary N) is 1. The van der Waals surface area contributed by atoms with Crippen LogP contribution in [-0.4, -0.2) is 32.9 Å². The van der Waals surface area contributed by atoms with Crippen molar-refractivity contribution in [2.45, 2.75) is 43.7 Å². The summed E-state index contributed by atoms with van der Waals surface area (Å²) in [6.07, 6.45) is 5.67. The van der Waals surface area contributed by atoms with E-state index in [1.54, 1.807) is 6.33 Å². The Labute approximate surface area is 151 Å². The van der Waals surface area contributed by atoms with E-state index in [1.165, 1.54) is 17.7 Å². The Balaban J connectivity index is 1.39. The van der Waals surface area contributed by atoms with Gasteiger partial charge in [0, 0.05) is 17.6 Å². The Hall–Kier alpha value is -2.69. The van der Waals surface area contributed by atoms with Crippen LogP contribution < -0.4 is 0 Å². The highest BCUT2D eigenvalue weighted by Gasteiger charge is 2.43. The van der Waals surface area contributed by atoms with E-state index in [9.17, 15) is 9.18 Å². The summed E-state index contributed by atoms with van der Waals surface area (Å²) in [6.45, 7) is 0. The van der Waals surface area contributed by atoms with Crippen LogP contribution in [0, 0.1) is 5.82 Å². The van der Waals surface area contributed by atoms with E-state index >= 15 is 0 Å². The molecule has 1 N–H and O–H groups in total. The molecule has 3 atom stereocenters. The largest absolute Gasteiger partial charge is 0.345 e. The van der Waals surface area contributed by atoms with Crippen molar-refractivity contribution in [3.63, 3.8) is 0 Å². The Kier molecular flexibility index (Phi) is 3.55. The minimum Gasteiger partial charge on any atom is -0.345 e. The zero-order valence-corrected chi connectivity index (χ0v) is 14.4. The van der Waals surface area contributed by atoms with Crippen molar-refractivity contribution in [1.29, 1.82) is 0 Å². The molecule has 132 valence electrons. The second-order valence-electron chi connectivity index (χ2n) is 7.45. The summed E-state index contributed by atoms with van der Waals surface area (Å²) in [6, 6.07) is 13.1. The first-order valence-electron chi connectivity index (χ1n) is 9.20. The number of carbonyl (C=O) groups excluding carboxylic acids is 1. The molecule has 5 heteroatoms. The molecule has 2 aliphatic rings. The van der Waals surface area contributed by atoms with E-state index in [2.05, 4.69) is 14.9 Å². The number of piperidine rings is 1. The first kappa shape index (κ1) is 15.6. The van der Waals surface area contributed by atoms with Crippen molar-refractivity contribution >= 4 is 16.9 Å². The van der Waals surface area contributed by atoms with Crippen molar-refractivity contribution < 1.29 is 9.18 Å². The molecule has 2 aliphatic heterocycles. The molecule has 26 heavy (non-hydrogen) atoms. The summed E-state index contributed by atoms with van der Waals surface area (Å²) in [5, 5.41) is 0. The predicted molar refractivity (Wildman–Crippen MR) is 97.4 cm³/mol. The van der Waals surface area contributed by atoms with Gasteiger partial charge in [-0.1, -0.05) is 12.1 Å². The number of benzene rings is 2. The standard InChI is InChI=1S/C21H20FN3O/c22-16-4-1-13(2-5-16)15-9-17-6-7-18(10-15)25(17)21(26)14-3-8-19-20(11-14)24-12-23-19/h1-5,8,11-12,15,17-18H,6-7,9-10H2,(H,23,24)/t15-,17+,18-. The van der Waals surface area contributed by atoms with Crippen LogP contribution in [0.3, 0.4) is 0 Å². The number of hydrogen-bond acceptors (Lipinski definition) is 2. The van der Waals surface area contributed by atoms with Gasteiger partial charge in [-0.05, 0) is 67.5 Å².